The molecule has 2 aromatic carbocycles. The maximum absolute atomic E-state index is 14.1. The third-order valence-electron chi connectivity index (χ3n) is 6.07. The average molecular weight is 492 g/mol. The number of anilines is 1. The quantitative estimate of drug-likeness (QED) is 0.589. The van der Waals surface area contributed by atoms with Crippen LogP contribution in [0.3, 0.4) is 0 Å². The van der Waals surface area contributed by atoms with E-state index in [4.69, 9.17) is 21.1 Å². The van der Waals surface area contributed by atoms with Crippen molar-refractivity contribution in [2.75, 3.05) is 25.1 Å². The molecule has 1 fully saturated rings. The van der Waals surface area contributed by atoms with Gasteiger partial charge in [0.15, 0.2) is 5.79 Å². The molecule has 1 saturated heterocycles. The molecule has 0 saturated carbocycles. The highest BCUT2D eigenvalue weighted by atomic mass is 35.5. The second kappa shape index (κ2) is 9.90. The van der Waals surface area contributed by atoms with Gasteiger partial charge in [0.25, 0.3) is 0 Å². The Morgan fingerprint density at radius 3 is 2.68 bits per heavy atom. The lowest BCUT2D eigenvalue weighted by Gasteiger charge is -2.39. The Morgan fingerprint density at radius 1 is 1.24 bits per heavy atom. The van der Waals surface area contributed by atoms with Crippen LogP contribution in [0.25, 0.3) is 5.57 Å². The summed E-state index contributed by atoms with van der Waals surface area (Å²) in [6, 6.07) is 7.85. The third-order valence-corrected chi connectivity index (χ3v) is 6.36. The van der Waals surface area contributed by atoms with Gasteiger partial charge in [-0.05, 0) is 67.8 Å². The van der Waals surface area contributed by atoms with Crippen LogP contribution in [-0.2, 0) is 16.0 Å². The second-order valence-electron chi connectivity index (χ2n) is 9.06. The molecule has 6 nitrogen and oxygen atoms in total. The summed E-state index contributed by atoms with van der Waals surface area (Å²) in [5.74, 6) is -1.65. The molecule has 2 aliphatic heterocycles. The number of halogens is 3. The Hall–Kier alpha value is -2.68. The average Bonchev–Trinajstić information content (AvgIpc) is 2.80. The monoisotopic (exact) mass is 491 g/mol. The molecule has 0 spiro atoms. The van der Waals surface area contributed by atoms with Gasteiger partial charge in [0.2, 0.25) is 0 Å². The highest BCUT2D eigenvalue weighted by Crippen LogP contribution is 2.31. The minimum atomic E-state index is -0.674. The summed E-state index contributed by atoms with van der Waals surface area (Å²) < 4.78 is 39.2. The van der Waals surface area contributed by atoms with Crippen LogP contribution >= 0.6 is 11.6 Å². The number of carbonyl (C=O) groups is 1. The van der Waals surface area contributed by atoms with E-state index in [1.807, 2.05) is 27.0 Å². The molecular weight excluding hydrogens is 464 g/mol. The highest BCUT2D eigenvalue weighted by Gasteiger charge is 2.33. The molecule has 2 heterocycles. The van der Waals surface area contributed by atoms with Crippen molar-refractivity contribution < 1.29 is 23.0 Å². The van der Waals surface area contributed by atoms with Crippen LogP contribution in [0.4, 0.5) is 19.3 Å². The molecule has 0 unspecified atom stereocenters. The number of hydrogen-bond donors (Lipinski definition) is 2. The van der Waals surface area contributed by atoms with Crippen molar-refractivity contribution in [3.8, 4) is 0 Å². The van der Waals surface area contributed by atoms with Gasteiger partial charge < -0.3 is 25.0 Å². The van der Waals surface area contributed by atoms with E-state index in [0.29, 0.717) is 32.0 Å². The standard InChI is InChI=1S/C25H28ClF2N3O3/c1-15(21-11-29-10-17-4-5-18(27)8-20(17)21)31(12-16-13-33-25(2,3)34-14-16)24(32)30-19-6-7-23(28)22(26)9-19/h4-9,11,15-16,29H,10,12-14H2,1-3H3,(H,30,32)/t15-/m0/s1. The summed E-state index contributed by atoms with van der Waals surface area (Å²) in [6.45, 7) is 7.34. The fourth-order valence-electron chi connectivity index (χ4n) is 4.13. The molecule has 9 heteroatoms. The van der Waals surface area contributed by atoms with Crippen LogP contribution < -0.4 is 10.6 Å². The molecule has 2 aliphatic rings. The summed E-state index contributed by atoms with van der Waals surface area (Å²) >= 11 is 5.89. The number of rotatable bonds is 5. The summed E-state index contributed by atoms with van der Waals surface area (Å²) in [6.07, 6.45) is 1.82. The molecule has 2 N–H and O–H groups in total. The van der Waals surface area contributed by atoms with Crippen molar-refractivity contribution in [2.24, 2.45) is 5.92 Å². The summed E-state index contributed by atoms with van der Waals surface area (Å²) in [5, 5.41) is 5.93. The fourth-order valence-corrected chi connectivity index (χ4v) is 4.31. The van der Waals surface area contributed by atoms with Gasteiger partial charge in [0.05, 0.1) is 24.3 Å². The number of hydrogen-bond acceptors (Lipinski definition) is 4. The van der Waals surface area contributed by atoms with E-state index in [9.17, 15) is 13.6 Å². The Morgan fingerprint density at radius 2 is 1.97 bits per heavy atom. The van der Waals surface area contributed by atoms with Crippen LogP contribution in [0.15, 0.2) is 42.6 Å². The van der Waals surface area contributed by atoms with Gasteiger partial charge in [0.1, 0.15) is 11.6 Å². The lowest BCUT2D eigenvalue weighted by molar-refractivity contribution is -0.262. The normalized spacial score (nSPS) is 18.4. The Kier molecular flexibility index (Phi) is 7.12. The summed E-state index contributed by atoms with van der Waals surface area (Å²) in [5.41, 5.74) is 2.85. The van der Waals surface area contributed by atoms with Crippen LogP contribution in [0.1, 0.15) is 31.9 Å². The van der Waals surface area contributed by atoms with Gasteiger partial charge in [-0.3, -0.25) is 0 Å². The zero-order valence-electron chi connectivity index (χ0n) is 19.3. The van der Waals surface area contributed by atoms with Crippen LogP contribution in [-0.4, -0.2) is 42.5 Å². The summed E-state index contributed by atoms with van der Waals surface area (Å²) in [7, 11) is 0. The van der Waals surface area contributed by atoms with Gasteiger partial charge in [-0.1, -0.05) is 17.7 Å². The first-order chi connectivity index (χ1) is 16.1. The molecule has 34 heavy (non-hydrogen) atoms. The minimum absolute atomic E-state index is 0.0674. The molecule has 2 amide bonds. The van der Waals surface area contributed by atoms with Crippen molar-refractivity contribution in [1.29, 1.82) is 0 Å². The fraction of sp³-hybridized carbons (Fsp3) is 0.400. The van der Waals surface area contributed by atoms with Gasteiger partial charge in [0, 0.05) is 30.9 Å². The van der Waals surface area contributed by atoms with E-state index in [-0.39, 0.29) is 16.8 Å². The molecular formula is C25H28ClF2N3O3. The van der Waals surface area contributed by atoms with E-state index >= 15 is 0 Å². The van der Waals surface area contributed by atoms with Gasteiger partial charge in [-0.25, -0.2) is 13.6 Å². The lowest BCUT2D eigenvalue weighted by Crippen LogP contribution is -2.49. The number of nitrogens with zero attached hydrogens (tertiary/aromatic N) is 1. The number of amides is 2. The molecule has 1 atom stereocenters. The first-order valence-electron chi connectivity index (χ1n) is 11.2. The minimum Gasteiger partial charge on any atom is -0.386 e. The third kappa shape index (κ3) is 5.51. The van der Waals surface area contributed by atoms with Crippen molar-refractivity contribution in [1.82, 2.24) is 10.2 Å². The largest absolute Gasteiger partial charge is 0.386 e. The first-order valence-corrected chi connectivity index (χ1v) is 11.5. The van der Waals surface area contributed by atoms with E-state index < -0.39 is 23.7 Å². The number of carbonyl (C=O) groups excluding carboxylic acids is 1. The maximum atomic E-state index is 14.1. The SMILES string of the molecule is C[C@@H](C1=CNCc2ccc(F)cc21)N(CC1COC(C)(C)OC1)C(=O)Nc1ccc(F)c(Cl)c1. The lowest BCUT2D eigenvalue weighted by atomic mass is 9.92. The second-order valence-corrected chi connectivity index (χ2v) is 9.46. The van der Waals surface area contributed by atoms with Gasteiger partial charge >= 0.3 is 6.03 Å². The molecule has 0 radical (unpaired) electrons. The number of urea groups is 1. The Bertz CT molecular complexity index is 1100. The zero-order chi connectivity index (χ0) is 24.5. The van der Waals surface area contributed by atoms with E-state index in [2.05, 4.69) is 10.6 Å². The van der Waals surface area contributed by atoms with Crippen LogP contribution in [0, 0.1) is 17.6 Å². The molecule has 0 bridgehead atoms. The molecule has 2 aromatic rings. The smallest absolute Gasteiger partial charge is 0.322 e. The van der Waals surface area contributed by atoms with Crippen molar-refractivity contribution in [2.45, 2.75) is 39.1 Å². The predicted molar refractivity (Wildman–Crippen MR) is 127 cm³/mol. The molecule has 0 aliphatic carbocycles. The molecule has 182 valence electrons. The van der Waals surface area contributed by atoms with E-state index in [1.165, 1.54) is 30.3 Å². The van der Waals surface area contributed by atoms with Crippen molar-refractivity contribution >= 4 is 28.9 Å². The van der Waals surface area contributed by atoms with E-state index in [0.717, 1.165) is 16.7 Å². The highest BCUT2D eigenvalue weighted by molar-refractivity contribution is 6.31. The number of benzene rings is 2. The zero-order valence-corrected chi connectivity index (χ0v) is 20.1. The Labute approximate surface area is 202 Å². The van der Waals surface area contributed by atoms with Crippen molar-refractivity contribution in [3.05, 3.63) is 70.4 Å². The maximum Gasteiger partial charge on any atom is 0.322 e. The first kappa shape index (κ1) is 24.4. The van der Waals surface area contributed by atoms with Crippen LogP contribution in [0.2, 0.25) is 5.02 Å². The van der Waals surface area contributed by atoms with Gasteiger partial charge in [-0.2, -0.15) is 0 Å². The molecule has 4 rings (SSSR count). The topological polar surface area (TPSA) is 62.8 Å². The number of ether oxygens (including phenoxy) is 2. The molecule has 0 aromatic heterocycles. The van der Waals surface area contributed by atoms with Crippen molar-refractivity contribution in [3.63, 3.8) is 0 Å². The number of nitrogens with one attached hydrogen (secondary N) is 2. The van der Waals surface area contributed by atoms with Gasteiger partial charge in [-0.15, -0.1) is 0 Å². The number of fused-ring (bicyclic) bond motifs is 1. The van der Waals surface area contributed by atoms with Crippen LogP contribution in [0.5, 0.6) is 0 Å². The Balaban J connectivity index is 1.60. The predicted octanol–water partition coefficient (Wildman–Crippen LogP) is 5.38. The van der Waals surface area contributed by atoms with E-state index in [1.54, 1.807) is 11.0 Å². The summed E-state index contributed by atoms with van der Waals surface area (Å²) in [4.78, 5) is 15.1.